The first-order valence-corrected chi connectivity index (χ1v) is 11.8. The van der Waals surface area contributed by atoms with Gasteiger partial charge in [-0.1, -0.05) is 45.9 Å². The van der Waals surface area contributed by atoms with Crippen LogP contribution in [0.2, 0.25) is 0 Å². The van der Waals surface area contributed by atoms with Gasteiger partial charge in [0.25, 0.3) is 0 Å². The minimum absolute atomic E-state index is 0.441. The van der Waals surface area contributed by atoms with Crippen LogP contribution in [0.4, 0.5) is 0 Å². The van der Waals surface area contributed by atoms with Crippen molar-refractivity contribution in [2.45, 2.75) is 53.9 Å². The Bertz CT molecular complexity index is 1330. The summed E-state index contributed by atoms with van der Waals surface area (Å²) in [5.74, 6) is 3.20. The van der Waals surface area contributed by atoms with Crippen molar-refractivity contribution in [2.24, 2.45) is 13.0 Å². The zero-order valence-electron chi connectivity index (χ0n) is 19.0. The fraction of sp³-hybridized carbons (Fsp3) is 0.370. The maximum absolute atomic E-state index is 6.77. The van der Waals surface area contributed by atoms with Crippen molar-refractivity contribution < 1.29 is 9.30 Å². The predicted molar refractivity (Wildman–Crippen MR) is 128 cm³/mol. The highest BCUT2D eigenvalue weighted by molar-refractivity contribution is 7.19. The summed E-state index contributed by atoms with van der Waals surface area (Å²) in [5, 5.41) is 3.94. The maximum Gasteiger partial charge on any atom is 0.228 e. The van der Waals surface area contributed by atoms with Crippen molar-refractivity contribution >= 4 is 32.2 Å². The van der Waals surface area contributed by atoms with E-state index in [0.29, 0.717) is 11.8 Å². The van der Waals surface area contributed by atoms with Crippen LogP contribution in [0.25, 0.3) is 32.1 Å². The van der Waals surface area contributed by atoms with E-state index in [1.807, 2.05) is 11.3 Å². The monoisotopic (exact) mass is 416 g/mol. The van der Waals surface area contributed by atoms with Gasteiger partial charge in [0, 0.05) is 11.6 Å². The minimum atomic E-state index is 0.441. The number of pyridine rings is 1. The van der Waals surface area contributed by atoms with Gasteiger partial charge in [-0.15, -0.1) is 11.3 Å². The molecule has 1 aliphatic heterocycles. The average molecular weight is 417 g/mol. The molecule has 154 valence electrons. The number of hydrogen-bond acceptors (Lipinski definition) is 2. The number of benzene rings is 2. The Morgan fingerprint density at radius 2 is 1.73 bits per heavy atom. The molecule has 0 radical (unpaired) electrons. The number of thiophene rings is 1. The molecule has 0 bridgehead atoms. The first-order chi connectivity index (χ1) is 14.3. The number of ether oxygens (including phenoxy) is 1. The molecule has 0 saturated heterocycles. The van der Waals surface area contributed by atoms with E-state index < -0.39 is 0 Å². The lowest BCUT2D eigenvalue weighted by molar-refractivity contribution is -0.659. The van der Waals surface area contributed by atoms with E-state index in [2.05, 4.69) is 83.6 Å². The molecule has 3 heterocycles. The zero-order chi connectivity index (χ0) is 21.3. The van der Waals surface area contributed by atoms with Crippen LogP contribution < -0.4 is 9.30 Å². The summed E-state index contributed by atoms with van der Waals surface area (Å²) in [6.45, 7) is 13.6. The van der Waals surface area contributed by atoms with Gasteiger partial charge >= 0.3 is 0 Å². The van der Waals surface area contributed by atoms with Crippen LogP contribution in [-0.4, -0.2) is 0 Å². The van der Waals surface area contributed by atoms with Gasteiger partial charge in [0.2, 0.25) is 5.69 Å². The summed E-state index contributed by atoms with van der Waals surface area (Å²) in [7, 11) is 2.16. The maximum atomic E-state index is 6.77. The highest BCUT2D eigenvalue weighted by Crippen LogP contribution is 2.55. The predicted octanol–water partition coefficient (Wildman–Crippen LogP) is 7.59. The third-order valence-corrected chi connectivity index (χ3v) is 7.84. The number of aryl methyl sites for hydroxylation is 3. The third-order valence-electron chi connectivity index (χ3n) is 6.40. The van der Waals surface area contributed by atoms with Crippen molar-refractivity contribution in [3.63, 3.8) is 0 Å². The van der Waals surface area contributed by atoms with Crippen LogP contribution in [0.1, 0.15) is 55.2 Å². The summed E-state index contributed by atoms with van der Waals surface area (Å²) >= 11 is 1.88. The Balaban J connectivity index is 1.88. The second-order valence-corrected chi connectivity index (χ2v) is 10.6. The second kappa shape index (κ2) is 6.81. The highest BCUT2D eigenvalue weighted by atomic mass is 32.1. The molecule has 2 aromatic carbocycles. The zero-order valence-corrected chi connectivity index (χ0v) is 19.8. The normalized spacial score (nSPS) is 12.8. The van der Waals surface area contributed by atoms with Crippen LogP contribution >= 0.6 is 11.3 Å². The SMILES string of the molecule is Cc1c2c(c(C)c3ccc(CC(C)C)cc13)-c1c3c(c(C(C)C)sc3cc[n+]1C)O2. The van der Waals surface area contributed by atoms with Gasteiger partial charge in [-0.3, -0.25) is 0 Å². The fourth-order valence-electron chi connectivity index (χ4n) is 4.96. The molecule has 3 heteroatoms. The molecule has 2 nitrogen and oxygen atoms in total. The molecule has 0 unspecified atom stereocenters. The first kappa shape index (κ1) is 19.6. The molecule has 0 saturated carbocycles. The van der Waals surface area contributed by atoms with Gasteiger partial charge in [-0.2, -0.15) is 0 Å². The smallest absolute Gasteiger partial charge is 0.228 e. The Kier molecular flexibility index (Phi) is 4.44. The summed E-state index contributed by atoms with van der Waals surface area (Å²) in [5.41, 5.74) is 6.51. The number of hydrogen-bond donors (Lipinski definition) is 0. The lowest BCUT2D eigenvalue weighted by atomic mass is 9.88. The topological polar surface area (TPSA) is 13.1 Å². The summed E-state index contributed by atoms with van der Waals surface area (Å²) in [6, 6.07) is 9.24. The Morgan fingerprint density at radius 1 is 0.967 bits per heavy atom. The molecule has 0 atom stereocenters. The van der Waals surface area contributed by atoms with E-state index >= 15 is 0 Å². The van der Waals surface area contributed by atoms with Crippen LogP contribution in [-0.2, 0) is 13.5 Å². The number of rotatable bonds is 3. The molecule has 2 aromatic heterocycles. The Labute approximate surface area is 183 Å². The van der Waals surface area contributed by atoms with Gasteiger partial charge in [-0.25, -0.2) is 4.57 Å². The van der Waals surface area contributed by atoms with Crippen molar-refractivity contribution in [2.75, 3.05) is 0 Å². The second-order valence-electron chi connectivity index (χ2n) is 9.50. The number of nitrogens with zero attached hydrogens (tertiary/aromatic N) is 1. The van der Waals surface area contributed by atoms with Gasteiger partial charge < -0.3 is 4.74 Å². The van der Waals surface area contributed by atoms with Gasteiger partial charge in [0.05, 0.1) is 15.1 Å². The quantitative estimate of drug-likeness (QED) is 0.276. The molecule has 0 amide bonds. The molecule has 0 fully saturated rings. The minimum Gasteiger partial charge on any atom is -0.454 e. The summed E-state index contributed by atoms with van der Waals surface area (Å²) in [4.78, 5) is 1.34. The lowest BCUT2D eigenvalue weighted by Crippen LogP contribution is -2.31. The van der Waals surface area contributed by atoms with E-state index in [0.717, 1.165) is 17.9 Å². The third kappa shape index (κ3) is 2.71. The van der Waals surface area contributed by atoms with Crippen LogP contribution in [0, 0.1) is 19.8 Å². The van der Waals surface area contributed by atoms with Crippen molar-refractivity contribution in [1.82, 2.24) is 0 Å². The van der Waals surface area contributed by atoms with Crippen molar-refractivity contribution in [3.05, 3.63) is 52.0 Å². The van der Waals surface area contributed by atoms with Crippen LogP contribution in [0.3, 0.4) is 0 Å². The Hall–Kier alpha value is -2.39. The van der Waals surface area contributed by atoms with Crippen molar-refractivity contribution in [3.8, 4) is 22.8 Å². The molecule has 4 aromatic rings. The molecule has 1 aliphatic rings. The van der Waals surface area contributed by atoms with Gasteiger partial charge in [0.15, 0.2) is 11.9 Å². The number of aromatic nitrogens is 1. The van der Waals surface area contributed by atoms with Crippen LogP contribution in [0.5, 0.6) is 11.5 Å². The molecular weight excluding hydrogens is 386 g/mol. The molecule has 30 heavy (non-hydrogen) atoms. The van der Waals surface area contributed by atoms with E-state index in [1.54, 1.807) is 0 Å². The molecule has 0 aliphatic carbocycles. The van der Waals surface area contributed by atoms with Gasteiger partial charge in [0.1, 0.15) is 18.2 Å². The average Bonchev–Trinajstić information content (AvgIpc) is 3.07. The molecule has 0 spiro atoms. The number of fused-ring (bicyclic) bond motifs is 3. The summed E-state index contributed by atoms with van der Waals surface area (Å²) in [6.07, 6.45) is 3.30. The van der Waals surface area contributed by atoms with E-state index in [-0.39, 0.29) is 0 Å². The molecule has 0 N–H and O–H groups in total. The molecular formula is C27H30NOS+. The van der Waals surface area contributed by atoms with E-state index in [1.165, 1.54) is 53.7 Å². The first-order valence-electron chi connectivity index (χ1n) is 11.0. The lowest BCUT2D eigenvalue weighted by Gasteiger charge is -2.23. The molecule has 5 rings (SSSR count). The van der Waals surface area contributed by atoms with Crippen LogP contribution in [0.15, 0.2) is 30.5 Å². The van der Waals surface area contributed by atoms with E-state index in [4.69, 9.17) is 4.74 Å². The summed E-state index contributed by atoms with van der Waals surface area (Å²) < 4.78 is 10.4. The Morgan fingerprint density at radius 3 is 2.43 bits per heavy atom. The fourth-order valence-corrected chi connectivity index (χ4v) is 6.09. The van der Waals surface area contributed by atoms with E-state index in [9.17, 15) is 0 Å². The van der Waals surface area contributed by atoms with Gasteiger partial charge in [-0.05, 0) is 54.0 Å². The standard InChI is InChI=1S/C27H30NOS/c1-14(2)12-18-8-9-19-16(5)22-24-23-21(10-11-28(24)7)30-27(15(3)4)26(23)29-25(22)17(6)20(19)13-18/h8-11,13-15H,12H2,1-7H3/q+1. The highest BCUT2D eigenvalue weighted by Gasteiger charge is 2.35. The largest absolute Gasteiger partial charge is 0.454 e. The van der Waals surface area contributed by atoms with Crippen molar-refractivity contribution in [1.29, 1.82) is 0 Å².